The van der Waals surface area contributed by atoms with E-state index < -0.39 is 5.91 Å². The van der Waals surface area contributed by atoms with E-state index in [1.54, 1.807) is 0 Å². The molecule has 0 radical (unpaired) electrons. The van der Waals surface area contributed by atoms with Gasteiger partial charge in [0.1, 0.15) is 11.6 Å². The van der Waals surface area contributed by atoms with Crippen molar-refractivity contribution in [2.45, 2.75) is 46.1 Å². The third-order valence-corrected chi connectivity index (χ3v) is 3.92. The largest absolute Gasteiger partial charge is 0.441 e. The number of carbonyl (C=O) groups excluding carboxylic acids is 1. The number of hydrogen-bond acceptors (Lipinski definition) is 5. The van der Waals surface area contributed by atoms with E-state index in [-0.39, 0.29) is 12.0 Å². The Morgan fingerprint density at radius 1 is 1.19 bits per heavy atom. The Kier molecular flexibility index (Phi) is 4.63. The Hall–Kier alpha value is -2.96. The fourth-order valence-electron chi connectivity index (χ4n) is 2.72. The summed E-state index contributed by atoms with van der Waals surface area (Å²) >= 11 is 0. The summed E-state index contributed by atoms with van der Waals surface area (Å²) < 4.78 is 7.65. The number of rotatable bonds is 5. The first-order valence-corrected chi connectivity index (χ1v) is 8.49. The normalized spacial score (nSPS) is 11.7. The first-order valence-electron chi connectivity index (χ1n) is 8.49. The molecule has 2 heterocycles. The van der Waals surface area contributed by atoms with Gasteiger partial charge in [0.2, 0.25) is 11.8 Å². The molecule has 0 atom stereocenters. The zero-order valence-corrected chi connectivity index (χ0v) is 15.5. The van der Waals surface area contributed by atoms with Crippen molar-refractivity contribution in [2.24, 2.45) is 5.73 Å². The number of nitrogens with zero attached hydrogens (tertiary/aromatic N) is 4. The van der Waals surface area contributed by atoms with Gasteiger partial charge in [0.25, 0.3) is 0 Å². The molecule has 0 saturated carbocycles. The molecule has 1 amide bonds. The molecule has 3 aromatic rings. The van der Waals surface area contributed by atoms with Crippen LogP contribution < -0.4 is 5.73 Å². The average Bonchev–Trinajstić information content (AvgIpc) is 3.12. The van der Waals surface area contributed by atoms with Crippen LogP contribution in [0.3, 0.4) is 0 Å². The SMILES string of the molecule is Cc1oc(-c2ccccc2)nc1Cc1nc(CC(N)=O)nn1C(C)(C)C. The van der Waals surface area contributed by atoms with Crippen molar-refractivity contribution in [1.82, 2.24) is 19.7 Å². The van der Waals surface area contributed by atoms with Gasteiger partial charge in [0.05, 0.1) is 24.1 Å². The molecule has 1 aromatic carbocycles. The van der Waals surface area contributed by atoms with E-state index in [1.165, 1.54) is 0 Å². The highest BCUT2D eigenvalue weighted by Crippen LogP contribution is 2.24. The van der Waals surface area contributed by atoms with Crippen LogP contribution in [0.1, 0.15) is 43.9 Å². The second-order valence-corrected chi connectivity index (χ2v) is 7.23. The van der Waals surface area contributed by atoms with Crippen LogP contribution in [0, 0.1) is 6.92 Å². The van der Waals surface area contributed by atoms with Gasteiger partial charge in [-0.2, -0.15) is 5.10 Å². The smallest absolute Gasteiger partial charge is 0.226 e. The van der Waals surface area contributed by atoms with Crippen molar-refractivity contribution < 1.29 is 9.21 Å². The van der Waals surface area contributed by atoms with Gasteiger partial charge in [-0.25, -0.2) is 14.6 Å². The predicted molar refractivity (Wildman–Crippen MR) is 97.4 cm³/mol. The molecular weight excluding hydrogens is 330 g/mol. The first-order chi connectivity index (χ1) is 12.2. The lowest BCUT2D eigenvalue weighted by Gasteiger charge is -2.21. The van der Waals surface area contributed by atoms with Crippen molar-refractivity contribution in [3.05, 3.63) is 53.4 Å². The Morgan fingerprint density at radius 3 is 2.50 bits per heavy atom. The van der Waals surface area contributed by atoms with Gasteiger partial charge in [-0.1, -0.05) is 18.2 Å². The molecule has 0 fully saturated rings. The van der Waals surface area contributed by atoms with Gasteiger partial charge in [0.15, 0.2) is 5.82 Å². The summed E-state index contributed by atoms with van der Waals surface area (Å²) in [5.41, 5.74) is 6.73. The standard InChI is InChI=1S/C19H23N5O2/c1-12-14(21-18(26-12)13-8-6-5-7-9-13)10-17-22-16(11-15(20)25)23-24(17)19(2,3)4/h5-9H,10-11H2,1-4H3,(H2,20,25). The maximum Gasteiger partial charge on any atom is 0.226 e. The third kappa shape index (κ3) is 3.82. The number of carbonyl (C=O) groups is 1. The zero-order valence-electron chi connectivity index (χ0n) is 15.5. The molecule has 2 N–H and O–H groups in total. The van der Waals surface area contributed by atoms with Crippen LogP contribution in [0.15, 0.2) is 34.7 Å². The Balaban J connectivity index is 1.95. The minimum Gasteiger partial charge on any atom is -0.441 e. The van der Waals surface area contributed by atoms with Crippen LogP contribution in [-0.2, 0) is 23.2 Å². The molecule has 0 aliphatic rings. The molecule has 3 rings (SSSR count). The van der Waals surface area contributed by atoms with E-state index in [2.05, 4.69) is 15.1 Å². The highest BCUT2D eigenvalue weighted by molar-refractivity contribution is 5.75. The van der Waals surface area contributed by atoms with Crippen LogP contribution in [0.5, 0.6) is 0 Å². The van der Waals surface area contributed by atoms with Gasteiger partial charge >= 0.3 is 0 Å². The summed E-state index contributed by atoms with van der Waals surface area (Å²) in [5.74, 6) is 2.02. The molecule has 0 unspecified atom stereocenters. The second kappa shape index (κ2) is 6.74. The maximum absolute atomic E-state index is 11.2. The van der Waals surface area contributed by atoms with Crippen LogP contribution >= 0.6 is 0 Å². The van der Waals surface area contributed by atoms with Gasteiger partial charge in [-0.15, -0.1) is 0 Å². The molecule has 7 heteroatoms. The van der Waals surface area contributed by atoms with Crippen LogP contribution in [-0.4, -0.2) is 25.7 Å². The summed E-state index contributed by atoms with van der Waals surface area (Å²) in [4.78, 5) is 20.4. The Labute approximate surface area is 152 Å². The molecule has 26 heavy (non-hydrogen) atoms. The lowest BCUT2D eigenvalue weighted by molar-refractivity contribution is -0.117. The highest BCUT2D eigenvalue weighted by Gasteiger charge is 2.23. The average molecular weight is 353 g/mol. The second-order valence-electron chi connectivity index (χ2n) is 7.23. The number of oxazole rings is 1. The minimum atomic E-state index is -0.452. The summed E-state index contributed by atoms with van der Waals surface area (Å²) in [6.07, 6.45) is 0.480. The summed E-state index contributed by atoms with van der Waals surface area (Å²) in [7, 11) is 0. The highest BCUT2D eigenvalue weighted by atomic mass is 16.4. The zero-order chi connectivity index (χ0) is 18.9. The van der Waals surface area contributed by atoms with Crippen molar-refractivity contribution >= 4 is 5.91 Å². The number of amides is 1. The number of nitrogens with two attached hydrogens (primary N) is 1. The van der Waals surface area contributed by atoms with Crippen molar-refractivity contribution in [2.75, 3.05) is 0 Å². The molecule has 0 aliphatic carbocycles. The summed E-state index contributed by atoms with van der Waals surface area (Å²) in [6, 6.07) is 9.75. The molecule has 0 bridgehead atoms. The van der Waals surface area contributed by atoms with E-state index in [0.717, 1.165) is 22.8 Å². The van der Waals surface area contributed by atoms with Gasteiger partial charge in [-0.05, 0) is 39.8 Å². The molecule has 0 spiro atoms. The molecule has 0 aliphatic heterocycles. The fourth-order valence-corrected chi connectivity index (χ4v) is 2.72. The predicted octanol–water partition coefficient (Wildman–Crippen LogP) is 2.62. The van der Waals surface area contributed by atoms with Gasteiger partial charge < -0.3 is 10.2 Å². The molecule has 2 aromatic heterocycles. The van der Waals surface area contributed by atoms with E-state index in [9.17, 15) is 4.79 Å². The molecule has 136 valence electrons. The number of aromatic nitrogens is 4. The third-order valence-electron chi connectivity index (χ3n) is 3.92. The lowest BCUT2D eigenvalue weighted by Crippen LogP contribution is -2.26. The van der Waals surface area contributed by atoms with Crippen LogP contribution in [0.2, 0.25) is 0 Å². The molecule has 0 saturated heterocycles. The number of primary amides is 1. The Morgan fingerprint density at radius 2 is 1.88 bits per heavy atom. The molecular formula is C19H23N5O2. The van der Waals surface area contributed by atoms with Crippen LogP contribution in [0.25, 0.3) is 11.5 Å². The lowest BCUT2D eigenvalue weighted by atomic mass is 10.1. The van der Waals surface area contributed by atoms with Gasteiger partial charge in [-0.3, -0.25) is 4.79 Å². The van der Waals surface area contributed by atoms with Crippen molar-refractivity contribution in [3.8, 4) is 11.5 Å². The van der Waals surface area contributed by atoms with Crippen molar-refractivity contribution in [3.63, 3.8) is 0 Å². The first kappa shape index (κ1) is 17.8. The monoisotopic (exact) mass is 353 g/mol. The van der Waals surface area contributed by atoms with E-state index in [1.807, 2.05) is 62.7 Å². The summed E-state index contributed by atoms with van der Waals surface area (Å²) in [6.45, 7) is 7.98. The minimum absolute atomic E-state index is 0.0170. The Bertz CT molecular complexity index is 919. The molecule has 7 nitrogen and oxygen atoms in total. The van der Waals surface area contributed by atoms with Crippen LogP contribution in [0.4, 0.5) is 0 Å². The van der Waals surface area contributed by atoms with E-state index in [4.69, 9.17) is 10.2 Å². The topological polar surface area (TPSA) is 99.8 Å². The number of aryl methyl sites for hydroxylation is 1. The number of hydrogen-bond donors (Lipinski definition) is 1. The van der Waals surface area contributed by atoms with E-state index in [0.29, 0.717) is 18.1 Å². The van der Waals surface area contributed by atoms with Crippen molar-refractivity contribution in [1.29, 1.82) is 0 Å². The summed E-state index contributed by atoms with van der Waals surface area (Å²) in [5, 5.41) is 4.46. The van der Waals surface area contributed by atoms with Gasteiger partial charge in [0, 0.05) is 5.56 Å². The fraction of sp³-hybridized carbons (Fsp3) is 0.368. The maximum atomic E-state index is 11.2. The number of benzene rings is 1. The quantitative estimate of drug-likeness (QED) is 0.760. The van der Waals surface area contributed by atoms with E-state index >= 15 is 0 Å².